The van der Waals surface area contributed by atoms with Crippen LogP contribution < -0.4 is 10.6 Å². The van der Waals surface area contributed by atoms with Crippen molar-refractivity contribution in [3.05, 3.63) is 5.01 Å². The van der Waals surface area contributed by atoms with Crippen molar-refractivity contribution in [2.24, 2.45) is 0 Å². The smallest absolute Gasteiger partial charge is 0.282 e. The van der Waals surface area contributed by atoms with Gasteiger partial charge in [0.15, 0.2) is 0 Å². The predicted molar refractivity (Wildman–Crippen MR) is 57.0 cm³/mol. The lowest BCUT2D eigenvalue weighted by atomic mass is 10.5. The van der Waals surface area contributed by atoms with Crippen molar-refractivity contribution in [1.82, 2.24) is 15.5 Å². The van der Waals surface area contributed by atoms with Gasteiger partial charge in [-0.15, -0.1) is 10.2 Å². The van der Waals surface area contributed by atoms with Crippen molar-refractivity contribution in [2.45, 2.75) is 19.8 Å². The minimum atomic E-state index is -2.56. The predicted octanol–water partition coefficient (Wildman–Crippen LogP) is 1.35. The molecule has 0 aliphatic heterocycles. The zero-order chi connectivity index (χ0) is 12.0. The van der Waals surface area contributed by atoms with E-state index in [1.165, 1.54) is 0 Å². The fourth-order valence-corrected chi connectivity index (χ4v) is 1.55. The van der Waals surface area contributed by atoms with Gasteiger partial charge in [-0.25, -0.2) is 8.78 Å². The molecule has 0 saturated heterocycles. The molecule has 16 heavy (non-hydrogen) atoms. The number of halogens is 2. The van der Waals surface area contributed by atoms with Crippen LogP contribution in [-0.2, 0) is 0 Å². The number of nitrogens with zero attached hydrogens (tertiary/aromatic N) is 2. The highest BCUT2D eigenvalue weighted by atomic mass is 32.1. The summed E-state index contributed by atoms with van der Waals surface area (Å²) in [6, 6.07) is 0. The summed E-state index contributed by atoms with van der Waals surface area (Å²) in [5.41, 5.74) is 0. The first kappa shape index (κ1) is 12.8. The number of rotatable bonds is 6. The van der Waals surface area contributed by atoms with Crippen LogP contribution in [0.25, 0.3) is 0 Å². The quantitative estimate of drug-likeness (QED) is 0.800. The lowest BCUT2D eigenvalue weighted by Gasteiger charge is -1.99. The number of carbonyl (C=O) groups is 1. The number of anilines is 1. The zero-order valence-electron chi connectivity index (χ0n) is 8.67. The molecule has 0 aliphatic carbocycles. The van der Waals surface area contributed by atoms with E-state index in [1.54, 1.807) is 0 Å². The molecular formula is C8H12F2N4OS. The summed E-state index contributed by atoms with van der Waals surface area (Å²) in [5, 5.41) is 12.9. The number of nitrogens with one attached hydrogen (secondary N) is 2. The number of hydrogen-bond acceptors (Lipinski definition) is 5. The molecule has 0 bridgehead atoms. The Balaban J connectivity index is 2.46. The standard InChI is InChI=1S/C8H12F2N4OS/c1-2-3-11-8-14-13-7(16-8)6(15)12-4-5(9)10/h5H,2-4H2,1H3,(H,11,14)(H,12,15). The van der Waals surface area contributed by atoms with Crippen LogP contribution in [0.15, 0.2) is 0 Å². The fourth-order valence-electron chi connectivity index (χ4n) is 0.864. The molecule has 8 heteroatoms. The average Bonchev–Trinajstić information content (AvgIpc) is 2.71. The van der Waals surface area contributed by atoms with Crippen LogP contribution in [0.3, 0.4) is 0 Å². The maximum atomic E-state index is 11.8. The van der Waals surface area contributed by atoms with Crippen LogP contribution in [0.2, 0.25) is 0 Å². The first-order chi connectivity index (χ1) is 7.63. The van der Waals surface area contributed by atoms with Gasteiger partial charge in [-0.05, 0) is 6.42 Å². The largest absolute Gasteiger partial charge is 0.360 e. The van der Waals surface area contributed by atoms with Gasteiger partial charge < -0.3 is 10.6 Å². The second-order valence-electron chi connectivity index (χ2n) is 2.94. The van der Waals surface area contributed by atoms with E-state index in [2.05, 4.69) is 20.8 Å². The molecule has 1 rings (SSSR count). The minimum absolute atomic E-state index is 0.0826. The minimum Gasteiger partial charge on any atom is -0.360 e. The molecule has 0 aromatic carbocycles. The molecule has 90 valence electrons. The summed E-state index contributed by atoms with van der Waals surface area (Å²) in [7, 11) is 0. The van der Waals surface area contributed by atoms with E-state index >= 15 is 0 Å². The van der Waals surface area contributed by atoms with Crippen LogP contribution in [0.1, 0.15) is 23.1 Å². The molecule has 1 aromatic heterocycles. The van der Waals surface area contributed by atoms with Gasteiger partial charge >= 0.3 is 0 Å². The summed E-state index contributed by atoms with van der Waals surface area (Å²) in [4.78, 5) is 11.3. The van der Waals surface area contributed by atoms with Crippen LogP contribution in [0.5, 0.6) is 0 Å². The van der Waals surface area contributed by atoms with Gasteiger partial charge in [-0.1, -0.05) is 18.3 Å². The van der Waals surface area contributed by atoms with E-state index in [0.29, 0.717) is 5.13 Å². The van der Waals surface area contributed by atoms with E-state index in [0.717, 1.165) is 24.3 Å². The van der Waals surface area contributed by atoms with Crippen molar-refractivity contribution in [3.63, 3.8) is 0 Å². The molecule has 0 radical (unpaired) electrons. The second kappa shape index (κ2) is 6.31. The topological polar surface area (TPSA) is 66.9 Å². The van der Waals surface area contributed by atoms with E-state index in [9.17, 15) is 13.6 Å². The summed E-state index contributed by atoms with van der Waals surface area (Å²) >= 11 is 1.04. The maximum absolute atomic E-state index is 11.8. The van der Waals surface area contributed by atoms with Crippen LogP contribution in [-0.4, -0.2) is 35.6 Å². The Kier molecular flexibility index (Phi) is 5.03. The Morgan fingerprint density at radius 2 is 2.25 bits per heavy atom. The second-order valence-corrected chi connectivity index (χ2v) is 3.92. The number of carbonyl (C=O) groups excluding carboxylic acids is 1. The molecule has 2 N–H and O–H groups in total. The summed E-state index contributed by atoms with van der Waals surface area (Å²) in [5.74, 6) is -0.623. The Bertz CT molecular complexity index is 345. The summed E-state index contributed by atoms with van der Waals surface area (Å²) in [6.45, 7) is 2.05. The first-order valence-corrected chi connectivity index (χ1v) is 5.58. The van der Waals surface area contributed by atoms with Crippen molar-refractivity contribution in [2.75, 3.05) is 18.4 Å². The number of aromatic nitrogens is 2. The van der Waals surface area contributed by atoms with Gasteiger partial charge in [0.25, 0.3) is 12.3 Å². The summed E-state index contributed by atoms with van der Waals surface area (Å²) < 4.78 is 23.6. The van der Waals surface area contributed by atoms with Crippen molar-refractivity contribution < 1.29 is 13.6 Å². The zero-order valence-corrected chi connectivity index (χ0v) is 9.48. The molecule has 0 fully saturated rings. The molecule has 5 nitrogen and oxygen atoms in total. The Morgan fingerprint density at radius 3 is 2.88 bits per heavy atom. The Morgan fingerprint density at radius 1 is 1.50 bits per heavy atom. The van der Waals surface area contributed by atoms with Crippen LogP contribution in [0, 0.1) is 0 Å². The molecule has 1 heterocycles. The van der Waals surface area contributed by atoms with Crippen molar-refractivity contribution in [1.29, 1.82) is 0 Å². The third-order valence-electron chi connectivity index (χ3n) is 1.56. The van der Waals surface area contributed by atoms with Gasteiger partial charge in [0, 0.05) is 6.54 Å². The van der Waals surface area contributed by atoms with E-state index in [-0.39, 0.29) is 5.01 Å². The number of amides is 1. The highest BCUT2D eigenvalue weighted by Gasteiger charge is 2.13. The van der Waals surface area contributed by atoms with Crippen molar-refractivity contribution in [3.8, 4) is 0 Å². The monoisotopic (exact) mass is 250 g/mol. The molecule has 0 atom stereocenters. The first-order valence-electron chi connectivity index (χ1n) is 4.77. The molecule has 0 spiro atoms. The molecule has 1 aromatic rings. The molecule has 1 amide bonds. The molecular weight excluding hydrogens is 238 g/mol. The summed E-state index contributed by atoms with van der Waals surface area (Å²) in [6.07, 6.45) is -1.64. The maximum Gasteiger partial charge on any atom is 0.282 e. The highest BCUT2D eigenvalue weighted by molar-refractivity contribution is 7.17. The van der Waals surface area contributed by atoms with Crippen LogP contribution in [0.4, 0.5) is 13.9 Å². The number of hydrogen-bond donors (Lipinski definition) is 2. The lowest BCUT2D eigenvalue weighted by Crippen LogP contribution is -2.28. The van der Waals surface area contributed by atoms with E-state index < -0.39 is 18.9 Å². The van der Waals surface area contributed by atoms with Crippen molar-refractivity contribution >= 4 is 22.4 Å². The Hall–Kier alpha value is -1.31. The van der Waals surface area contributed by atoms with Gasteiger partial charge in [-0.3, -0.25) is 4.79 Å². The van der Waals surface area contributed by atoms with Gasteiger partial charge in [0.2, 0.25) is 10.1 Å². The lowest BCUT2D eigenvalue weighted by molar-refractivity contribution is 0.0890. The Labute approximate surface area is 95.3 Å². The van der Waals surface area contributed by atoms with E-state index in [4.69, 9.17) is 0 Å². The number of alkyl halides is 2. The SMILES string of the molecule is CCCNc1nnc(C(=O)NCC(F)F)s1. The molecule has 0 aliphatic rings. The molecule has 0 unspecified atom stereocenters. The third-order valence-corrected chi connectivity index (χ3v) is 2.44. The fraction of sp³-hybridized carbons (Fsp3) is 0.625. The normalized spacial score (nSPS) is 10.5. The average molecular weight is 250 g/mol. The van der Waals surface area contributed by atoms with Gasteiger partial charge in [-0.2, -0.15) is 0 Å². The molecule has 0 saturated carbocycles. The van der Waals surface area contributed by atoms with E-state index in [1.807, 2.05) is 6.92 Å². The third kappa shape index (κ3) is 4.05. The highest BCUT2D eigenvalue weighted by Crippen LogP contribution is 2.14. The van der Waals surface area contributed by atoms with Gasteiger partial charge in [0.05, 0.1) is 6.54 Å². The van der Waals surface area contributed by atoms with Crippen LogP contribution >= 0.6 is 11.3 Å². The van der Waals surface area contributed by atoms with Gasteiger partial charge in [0.1, 0.15) is 0 Å².